The van der Waals surface area contributed by atoms with Crippen LogP contribution in [-0.2, 0) is 17.4 Å². The molecule has 2 aromatic carbocycles. The van der Waals surface area contributed by atoms with Crippen LogP contribution in [0.4, 0.5) is 24.0 Å². The number of benzene rings is 2. The Balaban J connectivity index is 1.99. The summed E-state index contributed by atoms with van der Waals surface area (Å²) in [4.78, 5) is 16.1. The van der Waals surface area contributed by atoms with Crippen molar-refractivity contribution in [3.63, 3.8) is 0 Å². The van der Waals surface area contributed by atoms with Crippen molar-refractivity contribution < 1.29 is 23.1 Å². The Hall–Kier alpha value is -2.87. The normalized spacial score (nSPS) is 11.5. The molecule has 0 unspecified atom stereocenters. The van der Waals surface area contributed by atoms with Gasteiger partial charge in [0.05, 0.1) is 11.3 Å². The smallest absolute Gasteiger partial charge is 0.416 e. The molecule has 28 heavy (non-hydrogen) atoms. The second kappa shape index (κ2) is 7.63. The van der Waals surface area contributed by atoms with Crippen molar-refractivity contribution in [1.82, 2.24) is 4.98 Å². The number of carbonyl (C=O) groups excluding carboxylic acids is 1. The maximum Gasteiger partial charge on any atom is 0.416 e. The Bertz CT molecular complexity index is 1030. The van der Waals surface area contributed by atoms with Gasteiger partial charge in [-0.15, -0.1) is 11.3 Å². The number of halogens is 3. The van der Waals surface area contributed by atoms with Gasteiger partial charge >= 0.3 is 6.18 Å². The van der Waals surface area contributed by atoms with E-state index in [-0.39, 0.29) is 12.1 Å². The molecule has 146 valence electrons. The van der Waals surface area contributed by atoms with Gasteiger partial charge < -0.3 is 15.2 Å². The molecule has 0 aliphatic carbocycles. The predicted molar refractivity (Wildman–Crippen MR) is 100 cm³/mol. The van der Waals surface area contributed by atoms with E-state index in [0.717, 1.165) is 40.2 Å². The SMILES string of the molecule is Cc1ccc(-c2nc(Nc3cccc(C(F)(F)F)c3)sc2CC(=O)[O-])c(C)c1. The summed E-state index contributed by atoms with van der Waals surface area (Å²) >= 11 is 1.08. The first-order valence-electron chi connectivity index (χ1n) is 8.35. The third kappa shape index (κ3) is 4.51. The number of nitrogens with zero attached hydrogens (tertiary/aromatic N) is 1. The van der Waals surface area contributed by atoms with Crippen LogP contribution in [0.1, 0.15) is 21.6 Å². The maximum atomic E-state index is 12.9. The zero-order chi connectivity index (χ0) is 20.5. The molecule has 3 aromatic rings. The number of alkyl halides is 3. The van der Waals surface area contributed by atoms with Crippen molar-refractivity contribution in [3.05, 3.63) is 64.0 Å². The molecule has 0 aliphatic rings. The lowest BCUT2D eigenvalue weighted by Gasteiger charge is -2.09. The minimum atomic E-state index is -4.45. The molecule has 0 radical (unpaired) electrons. The first kappa shape index (κ1) is 19.9. The summed E-state index contributed by atoms with van der Waals surface area (Å²) in [6, 6.07) is 10.5. The van der Waals surface area contributed by atoms with Crippen molar-refractivity contribution >= 4 is 28.1 Å². The molecule has 0 saturated carbocycles. The monoisotopic (exact) mass is 405 g/mol. The molecule has 0 amide bonds. The van der Waals surface area contributed by atoms with E-state index in [2.05, 4.69) is 10.3 Å². The Kier molecular flexibility index (Phi) is 5.42. The highest BCUT2D eigenvalue weighted by molar-refractivity contribution is 7.16. The number of carboxylic acids is 1. The van der Waals surface area contributed by atoms with E-state index in [1.807, 2.05) is 32.0 Å². The molecule has 4 nitrogen and oxygen atoms in total. The van der Waals surface area contributed by atoms with Gasteiger partial charge in [0, 0.05) is 28.5 Å². The highest BCUT2D eigenvalue weighted by Gasteiger charge is 2.30. The number of carbonyl (C=O) groups is 1. The molecule has 0 saturated heterocycles. The van der Waals surface area contributed by atoms with Crippen LogP contribution < -0.4 is 10.4 Å². The van der Waals surface area contributed by atoms with Crippen LogP contribution in [0.2, 0.25) is 0 Å². The fourth-order valence-electron chi connectivity index (χ4n) is 2.84. The molecule has 0 fully saturated rings. The minimum Gasteiger partial charge on any atom is -0.550 e. The lowest BCUT2D eigenvalue weighted by molar-refractivity contribution is -0.304. The first-order valence-corrected chi connectivity index (χ1v) is 9.16. The van der Waals surface area contributed by atoms with Crippen LogP contribution in [0.25, 0.3) is 11.3 Å². The van der Waals surface area contributed by atoms with Gasteiger partial charge in [-0.1, -0.05) is 29.8 Å². The van der Waals surface area contributed by atoms with Crippen molar-refractivity contribution in [3.8, 4) is 11.3 Å². The van der Waals surface area contributed by atoms with Crippen molar-refractivity contribution in [1.29, 1.82) is 0 Å². The summed E-state index contributed by atoms with van der Waals surface area (Å²) < 4.78 is 38.7. The predicted octanol–water partition coefficient (Wildman–Crippen LogP) is 4.48. The quantitative estimate of drug-likeness (QED) is 0.680. The van der Waals surface area contributed by atoms with Crippen LogP contribution in [0.5, 0.6) is 0 Å². The zero-order valence-corrected chi connectivity index (χ0v) is 15.9. The summed E-state index contributed by atoms with van der Waals surface area (Å²) in [5.74, 6) is -1.25. The van der Waals surface area contributed by atoms with E-state index in [0.29, 0.717) is 15.7 Å². The molecule has 0 bridgehead atoms. The van der Waals surface area contributed by atoms with Crippen LogP contribution >= 0.6 is 11.3 Å². The number of thiazole rings is 1. The van der Waals surface area contributed by atoms with Crippen LogP contribution in [0, 0.1) is 13.8 Å². The molecule has 1 heterocycles. The van der Waals surface area contributed by atoms with E-state index < -0.39 is 17.7 Å². The third-order valence-corrected chi connectivity index (χ3v) is 5.05. The second-order valence-electron chi connectivity index (χ2n) is 6.36. The molecule has 0 atom stereocenters. The van der Waals surface area contributed by atoms with Gasteiger partial charge in [-0.05, 0) is 37.6 Å². The molecular formula is C20H16F3N2O2S-. The largest absolute Gasteiger partial charge is 0.550 e. The van der Waals surface area contributed by atoms with Crippen molar-refractivity contribution in [2.45, 2.75) is 26.4 Å². The lowest BCUT2D eigenvalue weighted by Crippen LogP contribution is -2.24. The average molecular weight is 405 g/mol. The van der Waals surface area contributed by atoms with Gasteiger partial charge in [0.15, 0.2) is 5.13 Å². The molecule has 0 aliphatic heterocycles. The number of aryl methyl sites for hydroxylation is 2. The molecular weight excluding hydrogens is 389 g/mol. The number of hydrogen-bond acceptors (Lipinski definition) is 5. The number of nitrogens with one attached hydrogen (secondary N) is 1. The Morgan fingerprint density at radius 3 is 2.57 bits per heavy atom. The maximum absolute atomic E-state index is 12.9. The van der Waals surface area contributed by atoms with E-state index in [9.17, 15) is 23.1 Å². The van der Waals surface area contributed by atoms with Crippen LogP contribution in [0.15, 0.2) is 42.5 Å². The minimum absolute atomic E-state index is 0.218. The van der Waals surface area contributed by atoms with Gasteiger partial charge in [0.1, 0.15) is 0 Å². The zero-order valence-electron chi connectivity index (χ0n) is 15.1. The Labute approximate surface area is 163 Å². The summed E-state index contributed by atoms with van der Waals surface area (Å²) in [6.07, 6.45) is -4.78. The number of hydrogen-bond donors (Lipinski definition) is 1. The molecule has 1 N–H and O–H groups in total. The molecule has 0 spiro atoms. The fourth-order valence-corrected chi connectivity index (χ4v) is 3.82. The van der Waals surface area contributed by atoms with Gasteiger partial charge in [0.2, 0.25) is 0 Å². The summed E-state index contributed by atoms with van der Waals surface area (Å²) in [5, 5.41) is 14.3. The number of anilines is 2. The highest BCUT2D eigenvalue weighted by atomic mass is 32.1. The second-order valence-corrected chi connectivity index (χ2v) is 7.45. The highest BCUT2D eigenvalue weighted by Crippen LogP contribution is 2.36. The van der Waals surface area contributed by atoms with Crippen molar-refractivity contribution in [2.75, 3.05) is 5.32 Å². The third-order valence-electron chi connectivity index (χ3n) is 4.08. The van der Waals surface area contributed by atoms with Gasteiger partial charge in [-0.2, -0.15) is 13.2 Å². The van der Waals surface area contributed by atoms with Crippen LogP contribution in [0.3, 0.4) is 0 Å². The van der Waals surface area contributed by atoms with Gasteiger partial charge in [-0.25, -0.2) is 4.98 Å². The van der Waals surface area contributed by atoms with Crippen molar-refractivity contribution in [2.24, 2.45) is 0 Å². The van der Waals surface area contributed by atoms with Gasteiger partial charge in [-0.3, -0.25) is 0 Å². The summed E-state index contributed by atoms with van der Waals surface area (Å²) in [6.45, 7) is 3.84. The van der Waals surface area contributed by atoms with E-state index in [4.69, 9.17) is 0 Å². The average Bonchev–Trinajstić information content (AvgIpc) is 2.95. The number of rotatable bonds is 5. The van der Waals surface area contributed by atoms with E-state index >= 15 is 0 Å². The van der Waals surface area contributed by atoms with Crippen LogP contribution in [-0.4, -0.2) is 11.0 Å². The summed E-state index contributed by atoms with van der Waals surface area (Å²) in [7, 11) is 0. The molecule has 8 heteroatoms. The number of carboxylic acid groups (broad SMARTS) is 1. The Morgan fingerprint density at radius 2 is 1.93 bits per heavy atom. The van der Waals surface area contributed by atoms with E-state index in [1.165, 1.54) is 12.1 Å². The Morgan fingerprint density at radius 1 is 1.18 bits per heavy atom. The van der Waals surface area contributed by atoms with E-state index in [1.54, 1.807) is 0 Å². The van der Waals surface area contributed by atoms with Gasteiger partial charge in [0.25, 0.3) is 0 Å². The topological polar surface area (TPSA) is 65.0 Å². The molecule has 3 rings (SSSR count). The lowest BCUT2D eigenvalue weighted by atomic mass is 10.0. The summed E-state index contributed by atoms with van der Waals surface area (Å²) in [5.41, 5.74) is 2.68. The standard InChI is InChI=1S/C20H17F3N2O2S/c1-11-6-7-15(12(2)8-11)18-16(10-17(26)27)28-19(25-18)24-14-5-3-4-13(9-14)20(21,22)23/h3-9H,10H2,1-2H3,(H,24,25)(H,26,27)/p-1. The molecule has 1 aromatic heterocycles. The first-order chi connectivity index (χ1) is 13.1. The number of aliphatic carboxylic acids is 1. The fraction of sp³-hybridized carbons (Fsp3) is 0.200. The number of aromatic nitrogens is 1.